The van der Waals surface area contributed by atoms with E-state index in [0.29, 0.717) is 0 Å². The van der Waals surface area contributed by atoms with Crippen molar-refractivity contribution in [1.82, 2.24) is 0 Å². The highest BCUT2D eigenvalue weighted by Crippen LogP contribution is 2.69. The van der Waals surface area contributed by atoms with Gasteiger partial charge in [0.25, 0.3) is 0 Å². The Labute approximate surface area is 221 Å². The molecular formula is C31H33ClO2P2+2. The topological polar surface area (TPSA) is 18.5 Å². The van der Waals surface area contributed by atoms with Crippen molar-refractivity contribution in [3.63, 3.8) is 0 Å². The van der Waals surface area contributed by atoms with Crippen LogP contribution in [0.4, 0.5) is 0 Å². The molecule has 0 aromatic heterocycles. The fraction of sp³-hybridized carbons (Fsp3) is 0.226. The highest BCUT2D eigenvalue weighted by molar-refractivity contribution is 7.94. The Morgan fingerprint density at radius 3 is 1.31 bits per heavy atom. The molecule has 0 saturated carbocycles. The van der Waals surface area contributed by atoms with Gasteiger partial charge in [-0.1, -0.05) is 60.7 Å². The molecule has 5 rings (SSSR count). The van der Waals surface area contributed by atoms with Crippen molar-refractivity contribution >= 4 is 47.3 Å². The minimum absolute atomic E-state index is 0.0319. The molecule has 0 N–H and O–H groups in total. The molecule has 0 spiro atoms. The van der Waals surface area contributed by atoms with Gasteiger partial charge in [0.15, 0.2) is 11.5 Å². The molecule has 36 heavy (non-hydrogen) atoms. The van der Waals surface area contributed by atoms with Crippen molar-refractivity contribution in [2.75, 3.05) is 38.9 Å². The second kappa shape index (κ2) is 10.9. The molecule has 2 nitrogen and oxygen atoms in total. The van der Waals surface area contributed by atoms with Crippen LogP contribution in [-0.2, 0) is 0 Å². The zero-order chi connectivity index (χ0) is 25.0. The monoisotopic (exact) mass is 534 g/mol. The number of hydrogen-bond acceptors (Lipinski definition) is 2. The minimum Gasteiger partial charge on any atom is -0.493 e. The average molecular weight is 535 g/mol. The smallest absolute Gasteiger partial charge is 0.161 e. The molecule has 0 bridgehead atoms. The predicted molar refractivity (Wildman–Crippen MR) is 160 cm³/mol. The third-order valence-electron chi connectivity index (χ3n) is 7.48. The molecule has 2 atom stereocenters. The molecule has 1 aliphatic rings. The zero-order valence-corrected chi connectivity index (χ0v) is 23.4. The molecule has 5 heteroatoms. The van der Waals surface area contributed by atoms with E-state index in [2.05, 4.69) is 109 Å². The van der Waals surface area contributed by atoms with Gasteiger partial charge in [0, 0.05) is 0 Å². The molecule has 1 heterocycles. The number of hydrogen-bond donors (Lipinski definition) is 0. The molecule has 4 aromatic rings. The molecule has 2 unspecified atom stereocenters. The Morgan fingerprint density at radius 2 is 0.917 bits per heavy atom. The van der Waals surface area contributed by atoms with E-state index in [9.17, 15) is 0 Å². The van der Waals surface area contributed by atoms with Gasteiger partial charge in [-0.05, 0) is 48.5 Å². The first kappa shape index (κ1) is 25.3. The van der Waals surface area contributed by atoms with Crippen LogP contribution in [0.3, 0.4) is 0 Å². The first-order chi connectivity index (χ1) is 17.6. The van der Waals surface area contributed by atoms with Gasteiger partial charge in [-0.3, -0.25) is 0 Å². The van der Waals surface area contributed by atoms with Crippen LogP contribution in [0.25, 0.3) is 0 Å². The van der Waals surface area contributed by atoms with E-state index in [1.165, 1.54) is 21.2 Å². The van der Waals surface area contributed by atoms with E-state index >= 15 is 0 Å². The van der Waals surface area contributed by atoms with Gasteiger partial charge in [-0.2, -0.15) is 0 Å². The zero-order valence-electron chi connectivity index (χ0n) is 20.9. The van der Waals surface area contributed by atoms with Gasteiger partial charge in [-0.15, -0.1) is 11.6 Å². The lowest BCUT2D eigenvalue weighted by Crippen LogP contribution is -2.31. The summed E-state index contributed by atoms with van der Waals surface area (Å²) in [6.07, 6.45) is 4.09. The number of para-hydroxylation sites is 2. The first-order valence-corrected chi connectivity index (χ1v) is 17.1. The van der Waals surface area contributed by atoms with Gasteiger partial charge >= 0.3 is 0 Å². The number of alkyl halides is 1. The molecule has 1 aliphatic heterocycles. The van der Waals surface area contributed by atoms with E-state index in [4.69, 9.17) is 21.1 Å². The summed E-state index contributed by atoms with van der Waals surface area (Å²) in [7, 11) is -0.158. The lowest BCUT2D eigenvalue weighted by Gasteiger charge is -2.29. The Bertz CT molecular complexity index is 1200. The Hall–Kier alpha value is -2.37. The maximum Gasteiger partial charge on any atom is 0.161 e. The Kier molecular flexibility index (Phi) is 7.68. The standard InChI is InChI=1S/C31H33ClO2P2/c1-33-28-17-9-11-19-30(28)35(26-13-5-3-6-14-26)21-22-36(24-25(32)23-35,27-15-7-4-8-16-27)31-20-12-10-18-29(31)34-2/h3-20,25H,21-24H2,1-2H3/q+2. The van der Waals surface area contributed by atoms with Crippen LogP contribution in [-0.4, -0.2) is 44.2 Å². The van der Waals surface area contributed by atoms with Crippen molar-refractivity contribution in [3.05, 3.63) is 109 Å². The molecule has 1 saturated heterocycles. The summed E-state index contributed by atoms with van der Waals surface area (Å²) in [4.78, 5) is 0. The molecule has 0 amide bonds. The average Bonchev–Trinajstić information content (AvgIpc) is 3.11. The molecule has 1 fully saturated rings. The second-order valence-corrected chi connectivity index (χ2v) is 17.5. The summed E-state index contributed by atoms with van der Waals surface area (Å²) in [6.45, 7) is 0. The van der Waals surface area contributed by atoms with Crippen LogP contribution in [0, 0.1) is 0 Å². The minimum atomic E-state index is -1.86. The summed E-state index contributed by atoms with van der Waals surface area (Å²) >= 11 is 7.45. The maximum atomic E-state index is 7.45. The van der Waals surface area contributed by atoms with Crippen LogP contribution >= 0.6 is 26.1 Å². The highest BCUT2D eigenvalue weighted by Gasteiger charge is 2.57. The molecule has 4 aromatic carbocycles. The lowest BCUT2D eigenvalue weighted by molar-refractivity contribution is 0.418. The highest BCUT2D eigenvalue weighted by atomic mass is 35.5. The number of rotatable bonds is 6. The summed E-state index contributed by atoms with van der Waals surface area (Å²) in [5.74, 6) is 1.95. The Morgan fingerprint density at radius 1 is 0.556 bits per heavy atom. The fourth-order valence-electron chi connectivity index (χ4n) is 5.84. The fourth-order valence-corrected chi connectivity index (χ4v) is 17.9. The van der Waals surface area contributed by atoms with Crippen LogP contribution < -0.4 is 30.7 Å². The summed E-state index contributed by atoms with van der Waals surface area (Å²) < 4.78 is 11.9. The number of benzene rings is 4. The number of halogens is 1. The first-order valence-electron chi connectivity index (χ1n) is 12.4. The van der Waals surface area contributed by atoms with Gasteiger partial charge in [-0.25, -0.2) is 0 Å². The third kappa shape index (κ3) is 4.56. The quantitative estimate of drug-likeness (QED) is 0.224. The van der Waals surface area contributed by atoms with E-state index in [-0.39, 0.29) is 5.38 Å². The van der Waals surface area contributed by atoms with E-state index in [1.54, 1.807) is 14.2 Å². The van der Waals surface area contributed by atoms with Crippen molar-refractivity contribution < 1.29 is 9.47 Å². The molecule has 184 valence electrons. The summed E-state index contributed by atoms with van der Waals surface area (Å²) in [5.41, 5.74) is 0. The normalized spacial score (nSPS) is 24.0. The van der Waals surface area contributed by atoms with Crippen LogP contribution in [0.15, 0.2) is 109 Å². The third-order valence-corrected chi connectivity index (χ3v) is 17.8. The largest absolute Gasteiger partial charge is 0.493 e. The number of ether oxygens (including phenoxy) is 2. The van der Waals surface area contributed by atoms with Gasteiger partial charge in [0.05, 0.1) is 51.7 Å². The van der Waals surface area contributed by atoms with Crippen molar-refractivity contribution in [3.8, 4) is 11.5 Å². The number of methoxy groups -OCH3 is 2. The van der Waals surface area contributed by atoms with E-state index in [0.717, 1.165) is 36.1 Å². The SMILES string of the molecule is COc1ccccc1[P+]1(c2ccccc2)CC[P+](c2ccccc2)(c2ccccc2OC)CC(Cl)C1. The van der Waals surface area contributed by atoms with Crippen LogP contribution in [0.5, 0.6) is 11.5 Å². The lowest BCUT2D eigenvalue weighted by atomic mass is 10.3. The van der Waals surface area contributed by atoms with E-state index < -0.39 is 14.5 Å². The summed E-state index contributed by atoms with van der Waals surface area (Å²) in [6, 6.07) is 39.3. The van der Waals surface area contributed by atoms with Gasteiger partial charge < -0.3 is 9.47 Å². The van der Waals surface area contributed by atoms with Crippen molar-refractivity contribution in [2.45, 2.75) is 5.38 Å². The predicted octanol–water partition coefficient (Wildman–Crippen LogP) is 5.96. The second-order valence-electron chi connectivity index (χ2n) is 9.36. The van der Waals surface area contributed by atoms with E-state index in [1.807, 2.05) is 0 Å². The van der Waals surface area contributed by atoms with Crippen molar-refractivity contribution in [2.24, 2.45) is 0 Å². The molecule has 0 aliphatic carbocycles. The molecule has 0 radical (unpaired) electrons. The van der Waals surface area contributed by atoms with Crippen molar-refractivity contribution in [1.29, 1.82) is 0 Å². The van der Waals surface area contributed by atoms with Crippen LogP contribution in [0.2, 0.25) is 0 Å². The van der Waals surface area contributed by atoms with Crippen LogP contribution in [0.1, 0.15) is 0 Å². The molecular weight excluding hydrogens is 502 g/mol. The van der Waals surface area contributed by atoms with Gasteiger partial charge in [0.2, 0.25) is 0 Å². The maximum absolute atomic E-state index is 7.45. The summed E-state index contributed by atoms with van der Waals surface area (Å²) in [5, 5.41) is 5.51. The van der Waals surface area contributed by atoms with Gasteiger partial charge in [0.1, 0.15) is 28.3 Å². The Balaban J connectivity index is 1.73.